The van der Waals surface area contributed by atoms with E-state index in [1.807, 2.05) is 43.3 Å². The predicted octanol–water partition coefficient (Wildman–Crippen LogP) is 2.60. The van der Waals surface area contributed by atoms with Crippen molar-refractivity contribution in [2.75, 3.05) is 49.3 Å². The van der Waals surface area contributed by atoms with E-state index in [1.165, 1.54) is 17.3 Å². The van der Waals surface area contributed by atoms with Crippen molar-refractivity contribution in [3.63, 3.8) is 0 Å². The smallest absolute Gasteiger partial charge is 0.258 e. The Bertz CT molecular complexity index is 969. The molecule has 0 radical (unpaired) electrons. The van der Waals surface area contributed by atoms with Crippen LogP contribution in [0.3, 0.4) is 0 Å². The number of aromatic nitrogens is 6. The van der Waals surface area contributed by atoms with Gasteiger partial charge < -0.3 is 14.5 Å². The molecule has 30 heavy (non-hydrogen) atoms. The van der Waals surface area contributed by atoms with Gasteiger partial charge in [-0.2, -0.15) is 19.6 Å². The van der Waals surface area contributed by atoms with Gasteiger partial charge in [0.1, 0.15) is 12.1 Å². The van der Waals surface area contributed by atoms with Gasteiger partial charge in [-0.1, -0.05) is 29.5 Å². The van der Waals surface area contributed by atoms with E-state index in [0.29, 0.717) is 29.6 Å². The highest BCUT2D eigenvalue weighted by atomic mass is 32.2. The highest BCUT2D eigenvalue weighted by Gasteiger charge is 2.19. The molecule has 2 aromatic heterocycles. The normalized spacial score (nSPS) is 13.6. The zero-order chi connectivity index (χ0) is 20.9. The average molecular weight is 427 g/mol. The van der Waals surface area contributed by atoms with Gasteiger partial charge in [0, 0.05) is 32.9 Å². The molecule has 158 valence electrons. The van der Waals surface area contributed by atoms with E-state index in [2.05, 4.69) is 36.9 Å². The number of hydrogen-bond donors (Lipinski definition) is 0. The molecule has 1 aromatic carbocycles. The summed E-state index contributed by atoms with van der Waals surface area (Å²) in [5, 5.41) is 5.19. The number of benzene rings is 1. The summed E-state index contributed by atoms with van der Waals surface area (Å²) in [5.74, 6) is 3.40. The van der Waals surface area contributed by atoms with Gasteiger partial charge in [-0.3, -0.25) is 0 Å². The summed E-state index contributed by atoms with van der Waals surface area (Å²) in [5.41, 5.74) is 1.22. The maximum atomic E-state index is 5.76. The van der Waals surface area contributed by atoms with Crippen molar-refractivity contribution in [1.29, 1.82) is 0 Å². The SMILES string of the molecule is Cc1ccc(OCCSc2ncn(-c3nc(N(C)C)nc(N4CCCC4)n3)n2)cc1. The summed E-state index contributed by atoms with van der Waals surface area (Å²) in [6, 6.07) is 8.04. The van der Waals surface area contributed by atoms with Crippen molar-refractivity contribution in [3.8, 4) is 11.7 Å². The van der Waals surface area contributed by atoms with Crippen molar-refractivity contribution in [2.45, 2.75) is 24.9 Å². The molecule has 1 aliphatic heterocycles. The van der Waals surface area contributed by atoms with Crippen LogP contribution >= 0.6 is 11.8 Å². The molecule has 9 nitrogen and oxygen atoms in total. The van der Waals surface area contributed by atoms with E-state index in [4.69, 9.17) is 4.74 Å². The van der Waals surface area contributed by atoms with Crippen LogP contribution in [0.15, 0.2) is 35.7 Å². The quantitative estimate of drug-likeness (QED) is 0.398. The molecular formula is C20H26N8OS. The van der Waals surface area contributed by atoms with Crippen LogP contribution < -0.4 is 14.5 Å². The van der Waals surface area contributed by atoms with Gasteiger partial charge in [-0.25, -0.2) is 4.98 Å². The Morgan fingerprint density at radius 1 is 1.03 bits per heavy atom. The van der Waals surface area contributed by atoms with E-state index in [-0.39, 0.29) is 0 Å². The number of thioether (sulfide) groups is 1. The van der Waals surface area contributed by atoms with Crippen LogP contribution in [0.2, 0.25) is 0 Å². The third kappa shape index (κ3) is 4.99. The number of aryl methyl sites for hydroxylation is 1. The molecule has 0 atom stereocenters. The monoisotopic (exact) mass is 426 g/mol. The van der Waals surface area contributed by atoms with Gasteiger partial charge in [0.05, 0.1) is 6.61 Å². The number of nitrogens with zero attached hydrogens (tertiary/aromatic N) is 8. The maximum absolute atomic E-state index is 5.76. The Balaban J connectivity index is 1.40. The first-order valence-electron chi connectivity index (χ1n) is 10.0. The molecule has 0 spiro atoms. The summed E-state index contributed by atoms with van der Waals surface area (Å²) in [6.07, 6.45) is 3.96. The second-order valence-corrected chi connectivity index (χ2v) is 8.37. The Hall–Kier alpha value is -2.88. The zero-order valence-corrected chi connectivity index (χ0v) is 18.3. The molecule has 0 N–H and O–H groups in total. The van der Waals surface area contributed by atoms with Crippen LogP contribution in [0, 0.1) is 6.92 Å². The molecule has 3 aromatic rings. The van der Waals surface area contributed by atoms with Crippen molar-refractivity contribution in [1.82, 2.24) is 29.7 Å². The molecule has 0 aliphatic carbocycles. The van der Waals surface area contributed by atoms with Gasteiger partial charge in [0.15, 0.2) is 0 Å². The van der Waals surface area contributed by atoms with E-state index < -0.39 is 0 Å². The molecule has 1 fully saturated rings. The minimum atomic E-state index is 0.478. The number of rotatable bonds is 8. The van der Waals surface area contributed by atoms with Gasteiger partial charge in [-0.05, 0) is 31.9 Å². The van der Waals surface area contributed by atoms with Gasteiger partial charge in [-0.15, -0.1) is 5.10 Å². The Morgan fingerprint density at radius 2 is 1.77 bits per heavy atom. The lowest BCUT2D eigenvalue weighted by atomic mass is 10.2. The fourth-order valence-electron chi connectivity index (χ4n) is 3.04. The van der Waals surface area contributed by atoms with Crippen molar-refractivity contribution in [2.24, 2.45) is 0 Å². The molecule has 0 saturated carbocycles. The summed E-state index contributed by atoms with van der Waals surface area (Å²) >= 11 is 1.54. The molecule has 1 saturated heterocycles. The maximum Gasteiger partial charge on any atom is 0.258 e. The molecule has 1 aliphatic rings. The van der Waals surface area contributed by atoms with Crippen molar-refractivity contribution < 1.29 is 4.74 Å². The molecule has 0 amide bonds. The van der Waals surface area contributed by atoms with Crippen LogP contribution in [0.4, 0.5) is 11.9 Å². The second kappa shape index (κ2) is 9.29. The van der Waals surface area contributed by atoms with Crippen LogP contribution in [0.1, 0.15) is 18.4 Å². The summed E-state index contributed by atoms with van der Waals surface area (Å²) in [7, 11) is 3.84. The zero-order valence-electron chi connectivity index (χ0n) is 17.5. The fourth-order valence-corrected chi connectivity index (χ4v) is 3.66. The van der Waals surface area contributed by atoms with Gasteiger partial charge in [0.2, 0.25) is 17.1 Å². The van der Waals surface area contributed by atoms with E-state index in [0.717, 1.165) is 37.4 Å². The van der Waals surface area contributed by atoms with E-state index in [1.54, 1.807) is 11.0 Å². The third-order valence-electron chi connectivity index (χ3n) is 4.67. The topological polar surface area (TPSA) is 85.1 Å². The highest BCUT2D eigenvalue weighted by Crippen LogP contribution is 2.20. The number of hydrogen-bond acceptors (Lipinski definition) is 9. The van der Waals surface area contributed by atoms with Gasteiger partial charge >= 0.3 is 0 Å². The van der Waals surface area contributed by atoms with Crippen molar-refractivity contribution >= 4 is 23.7 Å². The highest BCUT2D eigenvalue weighted by molar-refractivity contribution is 7.99. The van der Waals surface area contributed by atoms with Crippen LogP contribution in [-0.2, 0) is 0 Å². The largest absolute Gasteiger partial charge is 0.493 e. The lowest BCUT2D eigenvalue weighted by Crippen LogP contribution is -2.24. The summed E-state index contributed by atoms with van der Waals surface area (Å²) in [6.45, 7) is 4.58. The minimum Gasteiger partial charge on any atom is -0.493 e. The summed E-state index contributed by atoms with van der Waals surface area (Å²) in [4.78, 5) is 22.2. The Labute approximate surface area is 180 Å². The first-order chi connectivity index (χ1) is 14.6. The van der Waals surface area contributed by atoms with E-state index in [9.17, 15) is 0 Å². The first kappa shape index (κ1) is 20.4. The van der Waals surface area contributed by atoms with Gasteiger partial charge in [0.25, 0.3) is 5.95 Å². The van der Waals surface area contributed by atoms with Crippen LogP contribution in [-0.4, -0.2) is 69.3 Å². The lowest BCUT2D eigenvalue weighted by molar-refractivity contribution is 0.344. The third-order valence-corrected chi connectivity index (χ3v) is 5.48. The molecular weight excluding hydrogens is 400 g/mol. The second-order valence-electron chi connectivity index (χ2n) is 7.31. The van der Waals surface area contributed by atoms with Crippen LogP contribution in [0.25, 0.3) is 5.95 Å². The van der Waals surface area contributed by atoms with Crippen molar-refractivity contribution in [3.05, 3.63) is 36.2 Å². The standard InChI is InChI=1S/C20H26N8OS/c1-15-6-8-16(9-7-15)29-12-13-30-20-21-14-28(25-20)19-23-17(26(2)3)22-18(24-19)27-10-4-5-11-27/h6-9,14H,4-5,10-13H2,1-3H3. The predicted molar refractivity (Wildman–Crippen MR) is 118 cm³/mol. The molecule has 4 rings (SSSR count). The molecule has 10 heteroatoms. The summed E-state index contributed by atoms with van der Waals surface area (Å²) < 4.78 is 7.37. The minimum absolute atomic E-state index is 0.478. The number of ether oxygens (including phenoxy) is 1. The first-order valence-corrected chi connectivity index (χ1v) is 11.0. The lowest BCUT2D eigenvalue weighted by Gasteiger charge is -2.18. The Morgan fingerprint density at radius 3 is 2.50 bits per heavy atom. The fraction of sp³-hybridized carbons (Fsp3) is 0.450. The van der Waals surface area contributed by atoms with E-state index >= 15 is 0 Å². The van der Waals surface area contributed by atoms with Crippen LogP contribution in [0.5, 0.6) is 5.75 Å². The molecule has 0 unspecified atom stereocenters. The molecule has 3 heterocycles. The number of anilines is 2. The average Bonchev–Trinajstić information content (AvgIpc) is 3.44. The Kier molecular flexibility index (Phi) is 6.32. The molecule has 0 bridgehead atoms.